The van der Waals surface area contributed by atoms with Gasteiger partial charge in [0.1, 0.15) is 0 Å². The summed E-state index contributed by atoms with van der Waals surface area (Å²) in [4.78, 5) is 15.1. The van der Waals surface area contributed by atoms with Crippen molar-refractivity contribution in [2.24, 2.45) is 5.92 Å². The molecule has 0 N–H and O–H groups in total. The number of rotatable bonds is 8. The minimum Gasteiger partial charge on any atom is -0.454 e. The molecule has 1 atom stereocenters. The highest BCUT2D eigenvalue weighted by Crippen LogP contribution is 2.34. The molecule has 5 rings (SSSR count). The predicted octanol–water partition coefficient (Wildman–Crippen LogP) is 4.80. The van der Waals surface area contributed by atoms with Crippen LogP contribution in [0.5, 0.6) is 11.5 Å². The van der Waals surface area contributed by atoms with Gasteiger partial charge in [0.15, 0.2) is 11.5 Å². The summed E-state index contributed by atoms with van der Waals surface area (Å²) < 4.78 is 16.3. The topological polar surface area (TPSA) is 64.8 Å². The molecule has 6 nitrogen and oxygen atoms in total. The second-order valence-corrected chi connectivity index (χ2v) is 8.52. The molecule has 1 aromatic heterocycles. The van der Waals surface area contributed by atoms with Gasteiger partial charge in [0, 0.05) is 25.1 Å². The molecule has 1 fully saturated rings. The Labute approximate surface area is 181 Å². The molecule has 2 aliphatic rings. The van der Waals surface area contributed by atoms with E-state index in [1.165, 1.54) is 12.8 Å². The Morgan fingerprint density at radius 1 is 1.06 bits per heavy atom. The van der Waals surface area contributed by atoms with Gasteiger partial charge in [-0.15, -0.1) is 0 Å². The van der Waals surface area contributed by atoms with Crippen molar-refractivity contribution in [1.82, 2.24) is 10.1 Å². The minimum atomic E-state index is -0.0928. The van der Waals surface area contributed by atoms with Gasteiger partial charge in [-0.1, -0.05) is 48.5 Å². The third-order valence-electron chi connectivity index (χ3n) is 5.90. The number of fused-ring (bicyclic) bond motifs is 1. The fraction of sp³-hybridized carbons (Fsp3) is 0.360. The van der Waals surface area contributed by atoms with E-state index < -0.39 is 0 Å². The first-order valence-electron chi connectivity index (χ1n) is 10.8. The van der Waals surface area contributed by atoms with E-state index in [9.17, 15) is 4.79 Å². The second kappa shape index (κ2) is 8.46. The van der Waals surface area contributed by atoms with Crippen LogP contribution in [0.15, 0.2) is 59.1 Å². The van der Waals surface area contributed by atoms with Crippen molar-refractivity contribution in [3.05, 3.63) is 77.2 Å². The lowest BCUT2D eigenvalue weighted by Gasteiger charge is -2.21. The van der Waals surface area contributed by atoms with Crippen molar-refractivity contribution in [3.63, 3.8) is 0 Å². The summed E-state index contributed by atoms with van der Waals surface area (Å²) in [5, 5.41) is 4.21. The molecule has 0 radical (unpaired) electrons. The number of amides is 1. The number of ether oxygens (including phenoxy) is 2. The van der Waals surface area contributed by atoms with Gasteiger partial charge in [-0.2, -0.15) is 0 Å². The maximum absolute atomic E-state index is 13.2. The molecule has 2 heterocycles. The first-order valence-corrected chi connectivity index (χ1v) is 10.8. The highest BCUT2D eigenvalue weighted by Gasteiger charge is 2.29. The molecule has 3 aromatic rings. The number of benzene rings is 2. The lowest BCUT2D eigenvalue weighted by molar-refractivity contribution is 0.0692. The van der Waals surface area contributed by atoms with E-state index in [1.54, 1.807) is 6.07 Å². The van der Waals surface area contributed by atoms with Crippen molar-refractivity contribution in [2.75, 3.05) is 13.3 Å². The summed E-state index contributed by atoms with van der Waals surface area (Å²) in [7, 11) is 0. The number of nitrogens with zero attached hydrogens (tertiary/aromatic N) is 2. The zero-order chi connectivity index (χ0) is 21.2. The van der Waals surface area contributed by atoms with E-state index in [-0.39, 0.29) is 18.6 Å². The first kappa shape index (κ1) is 19.7. The van der Waals surface area contributed by atoms with Crippen molar-refractivity contribution in [3.8, 4) is 11.5 Å². The number of hydrogen-bond acceptors (Lipinski definition) is 5. The van der Waals surface area contributed by atoms with E-state index in [4.69, 9.17) is 14.0 Å². The fourth-order valence-corrected chi connectivity index (χ4v) is 3.94. The number of aromatic nitrogens is 1. The largest absolute Gasteiger partial charge is 0.454 e. The van der Waals surface area contributed by atoms with Gasteiger partial charge >= 0.3 is 0 Å². The van der Waals surface area contributed by atoms with Crippen molar-refractivity contribution >= 4 is 5.91 Å². The van der Waals surface area contributed by atoms with Crippen LogP contribution in [-0.2, 0) is 13.0 Å². The van der Waals surface area contributed by atoms with Crippen LogP contribution in [0.2, 0.25) is 0 Å². The third kappa shape index (κ3) is 4.58. The van der Waals surface area contributed by atoms with Crippen LogP contribution in [0.1, 0.15) is 53.1 Å². The normalized spacial score (nSPS) is 15.6. The van der Waals surface area contributed by atoms with Crippen LogP contribution >= 0.6 is 0 Å². The van der Waals surface area contributed by atoms with Gasteiger partial charge in [-0.3, -0.25) is 4.79 Å². The number of carbonyl (C=O) groups excluding carboxylic acids is 1. The minimum absolute atomic E-state index is 0.0928. The molecule has 1 unspecified atom stereocenters. The molecule has 1 aliphatic carbocycles. The van der Waals surface area contributed by atoms with Crippen LogP contribution in [0.25, 0.3) is 0 Å². The van der Waals surface area contributed by atoms with Crippen molar-refractivity contribution < 1.29 is 18.8 Å². The summed E-state index contributed by atoms with van der Waals surface area (Å²) >= 11 is 0. The third-order valence-corrected chi connectivity index (χ3v) is 5.90. The Bertz CT molecular complexity index is 1060. The standard InChI is InChI=1S/C25H26N2O4/c1-17(11-20-9-10-22-23(12-20)30-16-29-22)21-13-24(31-26-21)25(28)27(15-19-7-8-19)14-18-5-3-2-4-6-18/h2-6,9-10,12-13,17,19H,7-8,11,14-16H2,1H3. The number of hydrogen-bond donors (Lipinski definition) is 0. The van der Waals surface area contributed by atoms with E-state index >= 15 is 0 Å². The molecular formula is C25H26N2O4. The zero-order valence-electron chi connectivity index (χ0n) is 17.6. The van der Waals surface area contributed by atoms with Gasteiger partial charge in [0.05, 0.1) is 5.69 Å². The Hall–Kier alpha value is -3.28. The van der Waals surface area contributed by atoms with E-state index in [0.29, 0.717) is 18.2 Å². The number of carbonyl (C=O) groups is 1. The molecule has 1 saturated carbocycles. The fourth-order valence-electron chi connectivity index (χ4n) is 3.94. The first-order chi connectivity index (χ1) is 15.2. The summed E-state index contributed by atoms with van der Waals surface area (Å²) in [6, 6.07) is 17.8. The smallest absolute Gasteiger partial charge is 0.292 e. The summed E-state index contributed by atoms with van der Waals surface area (Å²) in [6.45, 7) is 3.70. The quantitative estimate of drug-likeness (QED) is 0.526. The van der Waals surface area contributed by atoms with Gasteiger partial charge in [-0.25, -0.2) is 0 Å². The Morgan fingerprint density at radius 3 is 2.68 bits per heavy atom. The maximum Gasteiger partial charge on any atom is 0.292 e. The molecule has 160 valence electrons. The molecule has 2 aromatic carbocycles. The molecular weight excluding hydrogens is 392 g/mol. The SMILES string of the molecule is CC(Cc1ccc2c(c1)OCO2)c1cc(C(=O)N(Cc2ccccc2)CC2CC2)on1. The summed E-state index contributed by atoms with van der Waals surface area (Å²) in [5.41, 5.74) is 3.03. The van der Waals surface area contributed by atoms with Crippen LogP contribution in [-0.4, -0.2) is 29.3 Å². The van der Waals surface area contributed by atoms with Crippen molar-refractivity contribution in [1.29, 1.82) is 0 Å². The van der Waals surface area contributed by atoms with E-state index in [2.05, 4.69) is 12.1 Å². The van der Waals surface area contributed by atoms with E-state index in [1.807, 2.05) is 53.4 Å². The predicted molar refractivity (Wildman–Crippen MR) is 115 cm³/mol. The second-order valence-electron chi connectivity index (χ2n) is 8.52. The van der Waals surface area contributed by atoms with Crippen LogP contribution in [0, 0.1) is 5.92 Å². The Morgan fingerprint density at radius 2 is 1.87 bits per heavy atom. The van der Waals surface area contributed by atoms with Crippen LogP contribution < -0.4 is 9.47 Å². The average Bonchev–Trinajstić information content (AvgIpc) is 3.26. The Kier molecular flexibility index (Phi) is 5.37. The molecule has 6 heteroatoms. The lowest BCUT2D eigenvalue weighted by atomic mass is 9.97. The highest BCUT2D eigenvalue weighted by atomic mass is 16.7. The summed E-state index contributed by atoms with van der Waals surface area (Å²) in [5.74, 6) is 2.47. The molecule has 0 saturated heterocycles. The van der Waals surface area contributed by atoms with E-state index in [0.717, 1.165) is 41.3 Å². The maximum atomic E-state index is 13.2. The molecule has 1 aliphatic heterocycles. The van der Waals surface area contributed by atoms with Crippen LogP contribution in [0.3, 0.4) is 0 Å². The average molecular weight is 418 g/mol. The van der Waals surface area contributed by atoms with Gasteiger partial charge in [-0.05, 0) is 48.4 Å². The monoisotopic (exact) mass is 418 g/mol. The van der Waals surface area contributed by atoms with Gasteiger partial charge < -0.3 is 18.9 Å². The summed E-state index contributed by atoms with van der Waals surface area (Å²) in [6.07, 6.45) is 3.15. The molecule has 0 bridgehead atoms. The zero-order valence-corrected chi connectivity index (χ0v) is 17.6. The molecule has 0 spiro atoms. The van der Waals surface area contributed by atoms with Crippen LogP contribution in [0.4, 0.5) is 0 Å². The van der Waals surface area contributed by atoms with Gasteiger partial charge in [0.2, 0.25) is 12.6 Å². The lowest BCUT2D eigenvalue weighted by Crippen LogP contribution is -2.32. The molecule has 31 heavy (non-hydrogen) atoms. The highest BCUT2D eigenvalue weighted by molar-refractivity contribution is 5.91. The van der Waals surface area contributed by atoms with Crippen molar-refractivity contribution in [2.45, 2.75) is 38.6 Å². The van der Waals surface area contributed by atoms with Gasteiger partial charge in [0.25, 0.3) is 5.91 Å². The molecule has 1 amide bonds. The Balaban J connectivity index is 1.28.